The summed E-state index contributed by atoms with van der Waals surface area (Å²) < 4.78 is 14.7. The Morgan fingerprint density at radius 2 is 1.32 bits per heavy atom. The molecule has 0 aliphatic carbocycles. The Morgan fingerprint density at radius 1 is 0.909 bits per heavy atom. The minimum Gasteiger partial charge on any atom is -1.00 e. The van der Waals surface area contributed by atoms with Gasteiger partial charge >= 0.3 is 7.60 Å². The van der Waals surface area contributed by atoms with Gasteiger partial charge < -0.3 is 43.7 Å². The second-order valence-corrected chi connectivity index (χ2v) is 6.41. The number of pyridine rings is 2. The molecule has 5 nitrogen and oxygen atoms in total. The molecule has 22 heavy (non-hydrogen) atoms. The molecule has 0 spiro atoms. The molecule has 2 aromatic rings. The highest BCUT2D eigenvalue weighted by atomic mass is 79.9. The van der Waals surface area contributed by atoms with Gasteiger partial charge in [-0.2, -0.15) is 0 Å². The molecule has 0 aliphatic heterocycles. The van der Waals surface area contributed by atoms with Crippen molar-refractivity contribution in [1.29, 1.82) is 0 Å². The molecule has 122 valence electrons. The molecule has 0 radical (unpaired) electrons. The Balaban J connectivity index is 0.00000220. The molecule has 2 heterocycles. The van der Waals surface area contributed by atoms with Gasteiger partial charge in [-0.3, -0.25) is 4.57 Å². The number of nitrogens with zero attached hydrogens (tertiary/aromatic N) is 2. The van der Waals surface area contributed by atoms with Gasteiger partial charge in [-0.05, 0) is 18.1 Å². The van der Waals surface area contributed by atoms with Crippen molar-refractivity contribution in [3.8, 4) is 11.1 Å². The molecular weight excluding hydrogens is 435 g/mol. The van der Waals surface area contributed by atoms with Crippen LogP contribution in [0.3, 0.4) is 0 Å². The van der Waals surface area contributed by atoms with Crippen molar-refractivity contribution in [2.75, 3.05) is 6.16 Å². The Bertz CT molecular complexity index is 615. The van der Waals surface area contributed by atoms with E-state index in [1.54, 1.807) is 4.57 Å². The molecule has 2 N–H and O–H groups in total. The van der Waals surface area contributed by atoms with Gasteiger partial charge in [0.25, 0.3) is 0 Å². The summed E-state index contributed by atoms with van der Waals surface area (Å²) in [5.74, 6) is 0. The van der Waals surface area contributed by atoms with Gasteiger partial charge in [0.2, 0.25) is 0 Å². The highest BCUT2D eigenvalue weighted by Crippen LogP contribution is 2.33. The Morgan fingerprint density at radius 3 is 1.68 bits per heavy atom. The quantitative estimate of drug-likeness (QED) is 0.352. The van der Waals surface area contributed by atoms with Crippen molar-refractivity contribution in [3.63, 3.8) is 0 Å². The van der Waals surface area contributed by atoms with Crippen molar-refractivity contribution in [3.05, 3.63) is 49.1 Å². The first-order valence-electron chi connectivity index (χ1n) is 6.51. The second kappa shape index (κ2) is 9.53. The average molecular weight is 454 g/mol. The van der Waals surface area contributed by atoms with Crippen LogP contribution in [0, 0.1) is 0 Å². The maximum atomic E-state index is 10.8. The lowest BCUT2D eigenvalue weighted by molar-refractivity contribution is -0.693. The van der Waals surface area contributed by atoms with Crippen LogP contribution in [0.15, 0.2) is 49.1 Å². The van der Waals surface area contributed by atoms with E-state index in [2.05, 4.69) is 23.6 Å². The number of aryl methyl sites for hydroxylation is 2. The molecular formula is C14H19Br2N2O3P. The smallest absolute Gasteiger partial charge is 0.331 e. The van der Waals surface area contributed by atoms with E-state index in [1.807, 2.05) is 36.9 Å². The Hall–Kier alpha value is -0.590. The molecule has 2 aromatic heterocycles. The number of aromatic nitrogens is 2. The van der Waals surface area contributed by atoms with E-state index in [0.29, 0.717) is 6.54 Å². The van der Waals surface area contributed by atoms with Crippen molar-refractivity contribution in [2.24, 2.45) is 0 Å². The maximum Gasteiger partial charge on any atom is 0.331 e. The summed E-state index contributed by atoms with van der Waals surface area (Å²) in [4.78, 5) is 17.7. The van der Waals surface area contributed by atoms with Gasteiger partial charge in [0, 0.05) is 24.3 Å². The maximum absolute atomic E-state index is 10.8. The third-order valence-electron chi connectivity index (χ3n) is 3.13. The second-order valence-electron chi connectivity index (χ2n) is 4.63. The predicted molar refractivity (Wildman–Crippen MR) is 74.9 cm³/mol. The molecule has 0 aromatic carbocycles. The first-order chi connectivity index (χ1) is 9.48. The average Bonchev–Trinajstić information content (AvgIpc) is 2.45. The van der Waals surface area contributed by atoms with Crippen LogP contribution in [-0.2, 0) is 17.7 Å². The SMILES string of the molecule is CC[n+]1ccc(-c2cc[n+](CCP(=O)(O)O)cc2)cc1.[Br-].[Br-]. The summed E-state index contributed by atoms with van der Waals surface area (Å²) in [5, 5.41) is 0. The highest BCUT2D eigenvalue weighted by molar-refractivity contribution is 7.51. The van der Waals surface area contributed by atoms with E-state index in [4.69, 9.17) is 9.79 Å². The highest BCUT2D eigenvalue weighted by Gasteiger charge is 2.15. The molecule has 0 saturated heterocycles. The van der Waals surface area contributed by atoms with Crippen LogP contribution < -0.4 is 43.1 Å². The fourth-order valence-electron chi connectivity index (χ4n) is 1.91. The van der Waals surface area contributed by atoms with Gasteiger partial charge in [0.05, 0.1) is 0 Å². The van der Waals surface area contributed by atoms with Gasteiger partial charge in [0.1, 0.15) is 12.7 Å². The molecule has 0 fully saturated rings. The monoisotopic (exact) mass is 452 g/mol. The third-order valence-corrected chi connectivity index (χ3v) is 3.91. The predicted octanol–water partition coefficient (Wildman–Crippen LogP) is -4.87. The van der Waals surface area contributed by atoms with Crippen LogP contribution in [0.2, 0.25) is 0 Å². The van der Waals surface area contributed by atoms with Gasteiger partial charge in [-0.15, -0.1) is 0 Å². The summed E-state index contributed by atoms with van der Waals surface area (Å²) in [6.07, 6.45) is 7.60. The topological polar surface area (TPSA) is 65.3 Å². The molecule has 0 amide bonds. The van der Waals surface area contributed by atoms with E-state index in [0.717, 1.165) is 17.7 Å². The molecule has 0 bridgehead atoms. The van der Waals surface area contributed by atoms with E-state index in [9.17, 15) is 4.57 Å². The standard InChI is InChI=1S/C14H17N2O3P.2BrH/c1-2-15-7-3-13(4-8-15)14-5-9-16(10-6-14)11-12-20(17,18)19;;/h3-10H,2,11-12H2,1H3;2*1H. The summed E-state index contributed by atoms with van der Waals surface area (Å²) >= 11 is 0. The molecule has 0 saturated carbocycles. The summed E-state index contributed by atoms with van der Waals surface area (Å²) in [5.41, 5.74) is 2.21. The van der Waals surface area contributed by atoms with Gasteiger partial charge in [0.15, 0.2) is 31.3 Å². The zero-order chi connectivity index (χ0) is 14.6. The lowest BCUT2D eigenvalue weighted by atomic mass is 10.1. The molecule has 0 atom stereocenters. The number of halogens is 2. The van der Waals surface area contributed by atoms with Crippen LogP contribution in [0.5, 0.6) is 0 Å². The van der Waals surface area contributed by atoms with Crippen LogP contribution >= 0.6 is 7.60 Å². The molecule has 0 unspecified atom stereocenters. The largest absolute Gasteiger partial charge is 1.00 e. The molecule has 0 aliphatic rings. The third kappa shape index (κ3) is 6.67. The molecule has 2 rings (SSSR count). The zero-order valence-electron chi connectivity index (χ0n) is 12.1. The lowest BCUT2D eigenvalue weighted by Gasteiger charge is -2.02. The van der Waals surface area contributed by atoms with Crippen LogP contribution in [0.25, 0.3) is 11.1 Å². The minimum atomic E-state index is -3.93. The van der Waals surface area contributed by atoms with Crippen LogP contribution in [0.1, 0.15) is 6.92 Å². The lowest BCUT2D eigenvalue weighted by Crippen LogP contribution is -3.00. The number of hydrogen-bond donors (Lipinski definition) is 2. The summed E-state index contributed by atoms with van der Waals surface area (Å²) in [7, 11) is -3.93. The van der Waals surface area contributed by atoms with Gasteiger partial charge in [-0.1, -0.05) is 0 Å². The fourth-order valence-corrected chi connectivity index (χ4v) is 2.40. The van der Waals surface area contributed by atoms with Crippen molar-refractivity contribution in [1.82, 2.24) is 0 Å². The fraction of sp³-hybridized carbons (Fsp3) is 0.286. The normalized spacial score (nSPS) is 10.5. The van der Waals surface area contributed by atoms with Crippen LogP contribution in [-0.4, -0.2) is 15.9 Å². The van der Waals surface area contributed by atoms with E-state index in [-0.39, 0.29) is 40.1 Å². The van der Waals surface area contributed by atoms with Crippen LogP contribution in [0.4, 0.5) is 0 Å². The van der Waals surface area contributed by atoms with Gasteiger partial charge in [-0.25, -0.2) is 9.13 Å². The Kier molecular flexibility index (Phi) is 9.27. The zero-order valence-corrected chi connectivity index (χ0v) is 16.2. The summed E-state index contributed by atoms with van der Waals surface area (Å²) in [6.45, 7) is 3.35. The summed E-state index contributed by atoms with van der Waals surface area (Å²) in [6, 6.07) is 8.01. The minimum absolute atomic E-state index is 0. The van der Waals surface area contributed by atoms with E-state index >= 15 is 0 Å². The van der Waals surface area contributed by atoms with Crippen molar-refractivity contribution < 1.29 is 57.4 Å². The van der Waals surface area contributed by atoms with E-state index in [1.165, 1.54) is 0 Å². The molecule has 8 heteroatoms. The van der Waals surface area contributed by atoms with Crippen molar-refractivity contribution in [2.45, 2.75) is 20.0 Å². The number of rotatable bonds is 5. The van der Waals surface area contributed by atoms with Crippen molar-refractivity contribution >= 4 is 7.60 Å². The number of hydrogen-bond acceptors (Lipinski definition) is 1. The Labute approximate surface area is 151 Å². The first-order valence-corrected chi connectivity index (χ1v) is 8.31. The first kappa shape index (κ1) is 21.4. The van der Waals surface area contributed by atoms with E-state index < -0.39 is 7.60 Å².